The minimum absolute atomic E-state index is 0.223. The maximum absolute atomic E-state index is 11.4. The molecule has 1 saturated heterocycles. The number of benzene rings is 1. The van der Waals surface area contributed by atoms with Crippen molar-refractivity contribution in [2.24, 2.45) is 5.92 Å². The van der Waals surface area contributed by atoms with Crippen molar-refractivity contribution in [2.45, 2.75) is 58.3 Å². The molecule has 1 aromatic carbocycles. The Hall–Kier alpha value is -2.16. The summed E-state index contributed by atoms with van der Waals surface area (Å²) in [5.74, 6) is -0.470. The van der Waals surface area contributed by atoms with E-state index in [1.165, 1.54) is 11.1 Å². The van der Waals surface area contributed by atoms with E-state index in [2.05, 4.69) is 67.1 Å². The zero-order chi connectivity index (χ0) is 18.1. The number of carbonyl (C=O) groups is 2. The van der Waals surface area contributed by atoms with Crippen LogP contribution in [0.5, 0.6) is 0 Å². The topological polar surface area (TPSA) is 43.4 Å². The lowest BCUT2D eigenvalue weighted by Crippen LogP contribution is -2.06. The zero-order valence-electron chi connectivity index (χ0n) is 15.2. The summed E-state index contributed by atoms with van der Waals surface area (Å²) in [5.41, 5.74) is 2.66. The third-order valence-corrected chi connectivity index (χ3v) is 4.77. The molecule has 0 spiro atoms. The van der Waals surface area contributed by atoms with Crippen LogP contribution in [0.3, 0.4) is 0 Å². The van der Waals surface area contributed by atoms with E-state index in [9.17, 15) is 9.59 Å². The number of esters is 2. The molecule has 25 heavy (non-hydrogen) atoms. The second kappa shape index (κ2) is 9.97. The number of hydrogen-bond acceptors (Lipinski definition) is 3. The van der Waals surface area contributed by atoms with Crippen LogP contribution in [0.1, 0.15) is 63.9 Å². The van der Waals surface area contributed by atoms with Crippen LogP contribution in [-0.4, -0.2) is 11.9 Å². The number of allylic oxidation sites excluding steroid dienone is 4. The predicted octanol–water partition coefficient (Wildman–Crippen LogP) is 5.33. The van der Waals surface area contributed by atoms with Crippen LogP contribution in [0.2, 0.25) is 0 Å². The van der Waals surface area contributed by atoms with E-state index in [1.54, 1.807) is 0 Å². The van der Waals surface area contributed by atoms with Crippen molar-refractivity contribution in [3.05, 3.63) is 59.7 Å². The Morgan fingerprint density at radius 3 is 2.64 bits per heavy atom. The maximum Gasteiger partial charge on any atom is 0.317 e. The highest BCUT2D eigenvalue weighted by atomic mass is 16.6. The SMILES string of the molecule is CCC(C/C=C/CC/C(C)=C\CC1CC(=O)OC1=O)c1ccccc1. The van der Waals surface area contributed by atoms with Gasteiger partial charge in [-0.1, -0.05) is 61.1 Å². The van der Waals surface area contributed by atoms with Gasteiger partial charge in [-0.2, -0.15) is 0 Å². The van der Waals surface area contributed by atoms with Crippen LogP contribution >= 0.6 is 0 Å². The standard InChI is InChI=1S/C22H28O3/c1-3-18(19-12-8-5-9-13-19)11-7-4-6-10-17(2)14-15-20-16-21(23)25-22(20)24/h4-5,7-9,12-14,18,20H,3,6,10-11,15-16H2,1-2H3/b7-4+,17-14-. The molecule has 3 nitrogen and oxygen atoms in total. The molecule has 3 heteroatoms. The Balaban J connectivity index is 1.70. The van der Waals surface area contributed by atoms with Gasteiger partial charge in [0.2, 0.25) is 0 Å². The van der Waals surface area contributed by atoms with Crippen molar-refractivity contribution < 1.29 is 14.3 Å². The van der Waals surface area contributed by atoms with Gasteiger partial charge in [-0.05, 0) is 50.5 Å². The maximum atomic E-state index is 11.4. The summed E-state index contributed by atoms with van der Waals surface area (Å²) < 4.78 is 4.57. The Kier molecular flexibility index (Phi) is 7.65. The van der Waals surface area contributed by atoms with Crippen LogP contribution in [0.15, 0.2) is 54.1 Å². The first-order chi connectivity index (χ1) is 12.1. The minimum Gasteiger partial charge on any atom is -0.393 e. The normalized spacial score (nSPS) is 19.4. The molecular weight excluding hydrogens is 312 g/mol. The van der Waals surface area contributed by atoms with Gasteiger partial charge >= 0.3 is 11.9 Å². The predicted molar refractivity (Wildman–Crippen MR) is 100 cm³/mol. The number of hydrogen-bond donors (Lipinski definition) is 0. The highest BCUT2D eigenvalue weighted by Gasteiger charge is 2.32. The van der Waals surface area contributed by atoms with Gasteiger partial charge in [0.25, 0.3) is 0 Å². The molecule has 0 N–H and O–H groups in total. The fourth-order valence-corrected chi connectivity index (χ4v) is 3.10. The largest absolute Gasteiger partial charge is 0.393 e. The number of ether oxygens (including phenoxy) is 1. The molecule has 1 fully saturated rings. The van der Waals surface area contributed by atoms with Crippen LogP contribution in [0.4, 0.5) is 0 Å². The monoisotopic (exact) mass is 340 g/mol. The second-order valence-electron chi connectivity index (χ2n) is 6.74. The van der Waals surface area contributed by atoms with Gasteiger partial charge in [0.15, 0.2) is 0 Å². The van der Waals surface area contributed by atoms with Gasteiger partial charge in [-0.3, -0.25) is 9.59 Å². The third-order valence-electron chi connectivity index (χ3n) is 4.77. The molecule has 1 aliphatic heterocycles. The first kappa shape index (κ1) is 19.2. The van der Waals surface area contributed by atoms with E-state index in [0.29, 0.717) is 12.3 Å². The average Bonchev–Trinajstić information content (AvgIpc) is 2.94. The fourth-order valence-electron chi connectivity index (χ4n) is 3.10. The first-order valence-electron chi connectivity index (χ1n) is 9.20. The van der Waals surface area contributed by atoms with Gasteiger partial charge < -0.3 is 4.74 Å². The molecule has 0 amide bonds. The van der Waals surface area contributed by atoms with Crippen LogP contribution in [-0.2, 0) is 14.3 Å². The van der Waals surface area contributed by atoms with E-state index in [-0.39, 0.29) is 18.3 Å². The molecule has 2 atom stereocenters. The highest BCUT2D eigenvalue weighted by Crippen LogP contribution is 2.24. The minimum atomic E-state index is -0.395. The van der Waals surface area contributed by atoms with Gasteiger partial charge in [0.1, 0.15) is 0 Å². The Morgan fingerprint density at radius 2 is 2.00 bits per heavy atom. The van der Waals surface area contributed by atoms with Crippen LogP contribution in [0, 0.1) is 5.92 Å². The zero-order valence-corrected chi connectivity index (χ0v) is 15.2. The molecule has 0 radical (unpaired) electrons. The quantitative estimate of drug-likeness (QED) is 0.346. The van der Waals surface area contributed by atoms with Crippen molar-refractivity contribution in [1.29, 1.82) is 0 Å². The second-order valence-corrected chi connectivity index (χ2v) is 6.74. The molecule has 1 aliphatic rings. The van der Waals surface area contributed by atoms with Gasteiger partial charge in [-0.25, -0.2) is 0 Å². The van der Waals surface area contributed by atoms with E-state index in [4.69, 9.17) is 0 Å². The number of rotatable bonds is 9. The molecule has 1 aromatic rings. The summed E-state index contributed by atoms with van der Waals surface area (Å²) >= 11 is 0. The third kappa shape index (κ3) is 6.33. The van der Waals surface area contributed by atoms with E-state index in [0.717, 1.165) is 25.7 Å². The number of carbonyl (C=O) groups excluding carboxylic acids is 2. The molecule has 1 heterocycles. The molecule has 2 rings (SSSR count). The van der Waals surface area contributed by atoms with Gasteiger partial charge in [0, 0.05) is 0 Å². The van der Waals surface area contributed by atoms with E-state index < -0.39 is 5.97 Å². The molecule has 0 bridgehead atoms. The van der Waals surface area contributed by atoms with Crippen molar-refractivity contribution >= 4 is 11.9 Å². The summed E-state index contributed by atoms with van der Waals surface area (Å²) in [7, 11) is 0. The Labute approximate surface area is 150 Å². The average molecular weight is 340 g/mol. The van der Waals surface area contributed by atoms with Crippen LogP contribution in [0.25, 0.3) is 0 Å². The highest BCUT2D eigenvalue weighted by molar-refractivity contribution is 5.94. The summed E-state index contributed by atoms with van der Waals surface area (Å²) in [4.78, 5) is 22.5. The Morgan fingerprint density at radius 1 is 1.24 bits per heavy atom. The Bertz CT molecular complexity index is 628. The lowest BCUT2D eigenvalue weighted by Gasteiger charge is -2.12. The smallest absolute Gasteiger partial charge is 0.317 e. The lowest BCUT2D eigenvalue weighted by molar-refractivity contribution is -0.153. The van der Waals surface area contributed by atoms with Gasteiger partial charge in [-0.15, -0.1) is 0 Å². The summed E-state index contributed by atoms with van der Waals surface area (Å²) in [5, 5.41) is 0. The van der Waals surface area contributed by atoms with E-state index >= 15 is 0 Å². The lowest BCUT2D eigenvalue weighted by atomic mass is 9.93. The van der Waals surface area contributed by atoms with Gasteiger partial charge in [0.05, 0.1) is 12.3 Å². The van der Waals surface area contributed by atoms with Crippen molar-refractivity contribution in [3.8, 4) is 0 Å². The molecule has 0 aromatic heterocycles. The first-order valence-corrected chi connectivity index (χ1v) is 9.20. The summed E-state index contributed by atoms with van der Waals surface area (Å²) in [6.45, 7) is 4.31. The number of cyclic esters (lactones) is 2. The summed E-state index contributed by atoms with van der Waals surface area (Å²) in [6, 6.07) is 10.7. The van der Waals surface area contributed by atoms with Crippen molar-refractivity contribution in [3.63, 3.8) is 0 Å². The van der Waals surface area contributed by atoms with Crippen LogP contribution < -0.4 is 0 Å². The molecule has 0 aliphatic carbocycles. The summed E-state index contributed by atoms with van der Waals surface area (Å²) in [6.07, 6.45) is 11.6. The molecule has 2 unspecified atom stereocenters. The van der Waals surface area contributed by atoms with Crippen molar-refractivity contribution in [1.82, 2.24) is 0 Å². The molecule has 134 valence electrons. The molecule has 0 saturated carbocycles. The van der Waals surface area contributed by atoms with E-state index in [1.807, 2.05) is 0 Å². The van der Waals surface area contributed by atoms with Crippen molar-refractivity contribution in [2.75, 3.05) is 0 Å². The fraction of sp³-hybridized carbons (Fsp3) is 0.455. The molecular formula is C22H28O3.